The van der Waals surface area contributed by atoms with Crippen molar-refractivity contribution in [2.24, 2.45) is 0 Å². The molecule has 2 saturated heterocycles. The predicted molar refractivity (Wildman–Crippen MR) is 93.2 cm³/mol. The van der Waals surface area contributed by atoms with E-state index in [0.29, 0.717) is 18.6 Å². The van der Waals surface area contributed by atoms with Gasteiger partial charge in [-0.2, -0.15) is 0 Å². The lowest BCUT2D eigenvalue weighted by Crippen LogP contribution is -2.40. The van der Waals surface area contributed by atoms with Crippen molar-refractivity contribution >= 4 is 5.95 Å². The van der Waals surface area contributed by atoms with Gasteiger partial charge in [0.25, 0.3) is 0 Å². The number of aromatic nitrogens is 2. The maximum atomic E-state index is 9.92. The van der Waals surface area contributed by atoms with Crippen LogP contribution in [0.3, 0.4) is 0 Å². The molecule has 5 heterocycles. The first-order chi connectivity index (χ1) is 12.3. The molecule has 2 aromatic heterocycles. The second-order valence-electron chi connectivity index (χ2n) is 7.57. The Bertz CT molecular complexity index is 748. The van der Waals surface area contributed by atoms with Crippen molar-refractivity contribution in [2.75, 3.05) is 18.0 Å². The third-order valence-corrected chi connectivity index (χ3v) is 5.94. The van der Waals surface area contributed by atoms with Crippen LogP contribution in [0, 0.1) is 0 Å². The van der Waals surface area contributed by atoms with E-state index in [9.17, 15) is 5.11 Å². The van der Waals surface area contributed by atoms with Gasteiger partial charge in [-0.3, -0.25) is 4.90 Å². The lowest BCUT2D eigenvalue weighted by molar-refractivity contribution is 0.153. The molecule has 0 radical (unpaired) electrons. The minimum absolute atomic E-state index is 0.255. The van der Waals surface area contributed by atoms with E-state index < -0.39 is 0 Å². The first-order valence-corrected chi connectivity index (χ1v) is 9.33. The van der Waals surface area contributed by atoms with Crippen LogP contribution in [-0.4, -0.2) is 45.2 Å². The maximum absolute atomic E-state index is 9.92. The molecule has 1 N–H and O–H groups in total. The molecule has 132 valence electrons. The molecule has 0 spiro atoms. The second kappa shape index (κ2) is 6.11. The number of hydrogen-bond acceptors (Lipinski definition) is 6. The zero-order valence-electron chi connectivity index (χ0n) is 14.3. The van der Waals surface area contributed by atoms with Crippen molar-refractivity contribution in [3.05, 3.63) is 41.6 Å². The van der Waals surface area contributed by atoms with E-state index in [0.717, 1.165) is 38.3 Å². The molecule has 0 saturated carbocycles. The summed E-state index contributed by atoms with van der Waals surface area (Å²) in [6.45, 7) is 2.53. The number of aliphatic hydroxyl groups excluding tert-OH is 1. The number of piperidine rings is 1. The van der Waals surface area contributed by atoms with Gasteiger partial charge >= 0.3 is 0 Å². The second-order valence-corrected chi connectivity index (χ2v) is 7.57. The molecular formula is C19H24N4O2. The van der Waals surface area contributed by atoms with Gasteiger partial charge in [0, 0.05) is 55.5 Å². The van der Waals surface area contributed by atoms with Gasteiger partial charge in [-0.05, 0) is 31.7 Å². The fraction of sp³-hybridized carbons (Fsp3) is 0.579. The van der Waals surface area contributed by atoms with Gasteiger partial charge in [0.2, 0.25) is 5.95 Å². The largest absolute Gasteiger partial charge is 0.472 e. The molecule has 3 aliphatic heterocycles. The zero-order chi connectivity index (χ0) is 16.8. The van der Waals surface area contributed by atoms with Gasteiger partial charge in [0.05, 0.1) is 24.3 Å². The van der Waals surface area contributed by atoms with E-state index in [2.05, 4.69) is 20.9 Å². The predicted octanol–water partition coefficient (Wildman–Crippen LogP) is 2.29. The Balaban J connectivity index is 1.40. The highest BCUT2D eigenvalue weighted by Crippen LogP contribution is 2.44. The summed E-state index contributed by atoms with van der Waals surface area (Å²) in [6, 6.07) is 3.03. The fourth-order valence-electron chi connectivity index (χ4n) is 4.69. The number of hydrogen-bond donors (Lipinski definition) is 1. The quantitative estimate of drug-likeness (QED) is 0.925. The summed E-state index contributed by atoms with van der Waals surface area (Å²) >= 11 is 0. The molecular weight excluding hydrogens is 316 g/mol. The van der Waals surface area contributed by atoms with Crippen molar-refractivity contribution in [3.8, 4) is 0 Å². The Labute approximate surface area is 147 Å². The van der Waals surface area contributed by atoms with Crippen LogP contribution in [-0.2, 0) is 13.0 Å². The van der Waals surface area contributed by atoms with Crippen molar-refractivity contribution in [3.63, 3.8) is 0 Å². The number of nitrogens with zero attached hydrogens (tertiary/aromatic N) is 4. The van der Waals surface area contributed by atoms with Crippen LogP contribution >= 0.6 is 0 Å². The summed E-state index contributed by atoms with van der Waals surface area (Å²) < 4.78 is 5.23. The van der Waals surface area contributed by atoms with Crippen molar-refractivity contribution in [1.29, 1.82) is 0 Å². The highest BCUT2D eigenvalue weighted by atomic mass is 16.3. The van der Waals surface area contributed by atoms with E-state index in [1.807, 2.05) is 12.5 Å². The van der Waals surface area contributed by atoms with Gasteiger partial charge in [-0.15, -0.1) is 0 Å². The lowest BCUT2D eigenvalue weighted by Gasteiger charge is -2.36. The van der Waals surface area contributed by atoms with Gasteiger partial charge in [0.1, 0.15) is 0 Å². The summed E-state index contributed by atoms with van der Waals surface area (Å²) in [6.07, 6.45) is 10.7. The molecule has 6 nitrogen and oxygen atoms in total. The van der Waals surface area contributed by atoms with Crippen LogP contribution in [0.25, 0.3) is 0 Å². The third-order valence-electron chi connectivity index (χ3n) is 5.94. The zero-order valence-corrected chi connectivity index (χ0v) is 14.3. The van der Waals surface area contributed by atoms with Crippen LogP contribution < -0.4 is 4.90 Å². The van der Waals surface area contributed by atoms with Gasteiger partial charge in [-0.1, -0.05) is 0 Å². The average molecular weight is 340 g/mol. The Hall–Kier alpha value is -1.92. The Morgan fingerprint density at radius 1 is 1.28 bits per heavy atom. The van der Waals surface area contributed by atoms with Gasteiger partial charge in [0.15, 0.2) is 0 Å². The van der Waals surface area contributed by atoms with E-state index in [1.54, 1.807) is 6.26 Å². The summed E-state index contributed by atoms with van der Waals surface area (Å²) in [5.74, 6) is 0.792. The van der Waals surface area contributed by atoms with Crippen molar-refractivity contribution in [2.45, 2.75) is 56.8 Å². The van der Waals surface area contributed by atoms with E-state index in [4.69, 9.17) is 9.40 Å². The smallest absolute Gasteiger partial charge is 0.225 e. The molecule has 0 aliphatic carbocycles. The van der Waals surface area contributed by atoms with Crippen molar-refractivity contribution < 1.29 is 9.52 Å². The van der Waals surface area contributed by atoms with E-state index >= 15 is 0 Å². The average Bonchev–Trinajstić information content (AvgIpc) is 3.22. The minimum Gasteiger partial charge on any atom is -0.472 e. The summed E-state index contributed by atoms with van der Waals surface area (Å²) in [5, 5.41) is 9.92. The van der Waals surface area contributed by atoms with Crippen molar-refractivity contribution in [1.82, 2.24) is 14.9 Å². The molecule has 3 atom stereocenters. The number of β-amino-alcohol motifs (C(OH)–C–C–N with tert-alkyl or cyclic N) is 1. The highest BCUT2D eigenvalue weighted by Gasteiger charge is 2.41. The standard InChI is InChI=1S/C19H24N4O2/c24-15-2-1-6-22(11-15)19-20-9-16-17(21-19)8-14-3-4-18(16)23(14)10-13-5-7-25-12-13/h5,7,9,12,14-15,18,24H,1-4,6,8,10-11H2/t14-,15+,18-/m1/s1. The first-order valence-electron chi connectivity index (χ1n) is 9.33. The minimum atomic E-state index is -0.255. The van der Waals surface area contributed by atoms with Gasteiger partial charge in [-0.25, -0.2) is 9.97 Å². The molecule has 2 aromatic rings. The summed E-state index contributed by atoms with van der Waals surface area (Å²) in [4.78, 5) is 14.3. The summed E-state index contributed by atoms with van der Waals surface area (Å²) in [7, 11) is 0. The molecule has 0 unspecified atom stereocenters. The molecule has 2 fully saturated rings. The molecule has 25 heavy (non-hydrogen) atoms. The lowest BCUT2D eigenvalue weighted by atomic mass is 9.99. The fourth-order valence-corrected chi connectivity index (χ4v) is 4.69. The number of furan rings is 1. The van der Waals surface area contributed by atoms with Crippen LogP contribution in [0.1, 0.15) is 48.5 Å². The Kier molecular flexibility index (Phi) is 3.75. The number of rotatable bonds is 3. The monoisotopic (exact) mass is 340 g/mol. The normalized spacial score (nSPS) is 29.0. The molecule has 0 amide bonds. The molecule has 5 rings (SSSR count). The van der Waals surface area contributed by atoms with Crippen LogP contribution in [0.15, 0.2) is 29.2 Å². The van der Waals surface area contributed by atoms with Gasteiger partial charge < -0.3 is 14.4 Å². The first kappa shape index (κ1) is 15.3. The topological polar surface area (TPSA) is 65.6 Å². The van der Waals surface area contributed by atoms with Crippen LogP contribution in [0.2, 0.25) is 0 Å². The number of fused-ring (bicyclic) bond motifs is 4. The molecule has 6 heteroatoms. The molecule has 3 aliphatic rings. The van der Waals surface area contributed by atoms with E-state index in [1.165, 1.54) is 29.7 Å². The number of aliphatic hydroxyl groups is 1. The highest BCUT2D eigenvalue weighted by molar-refractivity contribution is 5.38. The van der Waals surface area contributed by atoms with Crippen LogP contribution in [0.4, 0.5) is 5.95 Å². The van der Waals surface area contributed by atoms with Crippen LogP contribution in [0.5, 0.6) is 0 Å². The number of anilines is 1. The Morgan fingerprint density at radius 3 is 3.08 bits per heavy atom. The maximum Gasteiger partial charge on any atom is 0.225 e. The summed E-state index contributed by atoms with van der Waals surface area (Å²) in [5.41, 5.74) is 3.74. The van der Waals surface area contributed by atoms with E-state index in [-0.39, 0.29) is 6.10 Å². The SMILES string of the molecule is O[C@H]1CCCN(c2ncc3c(n2)C[C@H]2CC[C@H]3N2Cc2ccoc2)C1. The Morgan fingerprint density at radius 2 is 2.24 bits per heavy atom. The third kappa shape index (κ3) is 2.73. The molecule has 0 aromatic carbocycles. The molecule has 2 bridgehead atoms.